The van der Waals surface area contributed by atoms with Crippen molar-refractivity contribution in [3.63, 3.8) is 0 Å². The molecule has 9 heteroatoms. The lowest BCUT2D eigenvalue weighted by Gasteiger charge is -2.40. The van der Waals surface area contributed by atoms with E-state index in [4.69, 9.17) is 0 Å². The molecule has 1 aliphatic heterocycles. The fourth-order valence-electron chi connectivity index (χ4n) is 4.12. The van der Waals surface area contributed by atoms with Crippen LogP contribution in [0.4, 0.5) is 13.2 Å². The Balaban J connectivity index is 1.75. The lowest BCUT2D eigenvalue weighted by molar-refractivity contribution is -0.274. The van der Waals surface area contributed by atoms with Crippen molar-refractivity contribution in [2.24, 2.45) is 5.92 Å². The minimum atomic E-state index is -4.91. The number of alkyl halides is 3. The zero-order chi connectivity index (χ0) is 23.7. The summed E-state index contributed by atoms with van der Waals surface area (Å²) in [4.78, 5) is 14.4. The summed E-state index contributed by atoms with van der Waals surface area (Å²) in [6, 6.07) is 11.8. The van der Waals surface area contributed by atoms with Crippen LogP contribution >= 0.6 is 0 Å². The average Bonchev–Trinajstić information content (AvgIpc) is 2.72. The van der Waals surface area contributed by atoms with Crippen LogP contribution in [0, 0.1) is 12.8 Å². The van der Waals surface area contributed by atoms with E-state index in [-0.39, 0.29) is 16.7 Å². The third-order valence-corrected chi connectivity index (χ3v) is 8.78. The summed E-state index contributed by atoms with van der Waals surface area (Å²) >= 11 is 0. The number of likely N-dealkylation sites (tertiary alicyclic amines) is 1. The van der Waals surface area contributed by atoms with E-state index in [0.717, 1.165) is 17.7 Å². The summed E-state index contributed by atoms with van der Waals surface area (Å²) in [5.74, 6) is -0.923. The fraction of sp³-hybridized carbons (Fsp3) is 0.435. The minimum Gasteiger partial charge on any atom is -0.406 e. The minimum absolute atomic E-state index is 0.0841. The highest BCUT2D eigenvalue weighted by atomic mass is 32.2. The van der Waals surface area contributed by atoms with Crippen molar-refractivity contribution >= 4 is 15.7 Å². The molecule has 0 radical (unpaired) electrons. The van der Waals surface area contributed by atoms with E-state index in [2.05, 4.69) is 4.74 Å². The first-order chi connectivity index (χ1) is 14.8. The Labute approximate surface area is 186 Å². The summed E-state index contributed by atoms with van der Waals surface area (Å²) in [5, 5.41) is 0. The van der Waals surface area contributed by atoms with Gasteiger partial charge in [-0.25, -0.2) is 8.42 Å². The third-order valence-electron chi connectivity index (χ3n) is 6.18. The van der Waals surface area contributed by atoms with Gasteiger partial charge in [0.25, 0.3) is 5.91 Å². The van der Waals surface area contributed by atoms with Crippen LogP contribution in [0.25, 0.3) is 0 Å². The molecule has 174 valence electrons. The Bertz CT molecular complexity index is 1090. The number of piperidine rings is 1. The maximum Gasteiger partial charge on any atom is 0.573 e. The monoisotopic (exact) mass is 469 g/mol. The first kappa shape index (κ1) is 24.1. The number of halogens is 3. The highest BCUT2D eigenvalue weighted by Gasteiger charge is 2.44. The van der Waals surface area contributed by atoms with Gasteiger partial charge in [0.05, 0.1) is 9.64 Å². The summed E-state index contributed by atoms with van der Waals surface area (Å²) in [7, 11) is -3.96. The molecule has 0 spiro atoms. The molecule has 0 aliphatic carbocycles. The van der Waals surface area contributed by atoms with Gasteiger partial charge in [0.2, 0.25) is 0 Å². The second-order valence-electron chi connectivity index (χ2n) is 8.51. The summed E-state index contributed by atoms with van der Waals surface area (Å²) in [6.07, 6.45) is -3.96. The van der Waals surface area contributed by atoms with E-state index in [1.807, 2.05) is 19.1 Å². The van der Waals surface area contributed by atoms with E-state index in [1.165, 1.54) is 12.1 Å². The molecule has 2 aromatic carbocycles. The van der Waals surface area contributed by atoms with Crippen molar-refractivity contribution in [3.05, 3.63) is 59.7 Å². The van der Waals surface area contributed by atoms with E-state index in [0.29, 0.717) is 31.5 Å². The molecule has 0 saturated carbocycles. The fourth-order valence-corrected chi connectivity index (χ4v) is 5.93. The molecular weight excluding hydrogens is 443 g/mol. The standard InChI is InChI=1S/C23H26F3NO4S/c1-16-7-4-5-10-20(16)21(28)27-13-11-17(12-14-27)22(2,3)32(29,30)19-9-6-8-18(15-19)31-23(24,25)26/h4-10,15,17H,11-14H2,1-3H3. The van der Waals surface area contributed by atoms with Crippen LogP contribution in [-0.4, -0.2) is 43.4 Å². The third kappa shape index (κ3) is 4.92. The second-order valence-corrected chi connectivity index (χ2v) is 11.0. The van der Waals surface area contributed by atoms with Gasteiger partial charge in [0.15, 0.2) is 9.84 Å². The van der Waals surface area contributed by atoms with Gasteiger partial charge < -0.3 is 9.64 Å². The topological polar surface area (TPSA) is 63.7 Å². The zero-order valence-corrected chi connectivity index (χ0v) is 19.0. The molecule has 0 unspecified atom stereocenters. The summed E-state index contributed by atoms with van der Waals surface area (Å²) in [5.41, 5.74) is 1.50. The number of benzene rings is 2. The van der Waals surface area contributed by atoms with Gasteiger partial charge in [0.1, 0.15) is 5.75 Å². The van der Waals surface area contributed by atoms with Crippen molar-refractivity contribution in [2.75, 3.05) is 13.1 Å². The molecule has 3 rings (SSSR count). The van der Waals surface area contributed by atoms with Gasteiger partial charge in [0, 0.05) is 18.7 Å². The molecule has 1 aliphatic rings. The zero-order valence-electron chi connectivity index (χ0n) is 18.1. The molecule has 32 heavy (non-hydrogen) atoms. The molecular formula is C23H26F3NO4S. The van der Waals surface area contributed by atoms with Crippen LogP contribution in [-0.2, 0) is 9.84 Å². The molecule has 1 fully saturated rings. The number of hydrogen-bond acceptors (Lipinski definition) is 4. The van der Waals surface area contributed by atoms with Crippen molar-refractivity contribution in [1.82, 2.24) is 4.90 Å². The number of hydrogen-bond donors (Lipinski definition) is 0. The van der Waals surface area contributed by atoms with Crippen LogP contribution in [0.2, 0.25) is 0 Å². The molecule has 5 nitrogen and oxygen atoms in total. The van der Waals surface area contributed by atoms with Gasteiger partial charge in [-0.05, 0) is 69.4 Å². The van der Waals surface area contributed by atoms with E-state index in [1.54, 1.807) is 30.9 Å². The predicted octanol–water partition coefficient (Wildman–Crippen LogP) is 5.00. The molecule has 2 aromatic rings. The predicted molar refractivity (Wildman–Crippen MR) is 114 cm³/mol. The van der Waals surface area contributed by atoms with Crippen molar-refractivity contribution in [2.45, 2.75) is 49.6 Å². The Kier molecular flexibility index (Phi) is 6.60. The van der Waals surface area contributed by atoms with Crippen molar-refractivity contribution in [3.8, 4) is 5.75 Å². The molecule has 0 aromatic heterocycles. The van der Waals surface area contributed by atoms with E-state index < -0.39 is 26.7 Å². The Morgan fingerprint density at radius 3 is 2.25 bits per heavy atom. The van der Waals surface area contributed by atoms with Gasteiger partial charge in [-0.1, -0.05) is 24.3 Å². The summed E-state index contributed by atoms with van der Waals surface area (Å²) in [6.45, 7) is 5.86. The summed E-state index contributed by atoms with van der Waals surface area (Å²) < 4.78 is 66.9. The number of carbonyl (C=O) groups excluding carboxylic acids is 1. The lowest BCUT2D eigenvalue weighted by Crippen LogP contribution is -2.47. The number of carbonyl (C=O) groups is 1. The Morgan fingerprint density at radius 2 is 1.66 bits per heavy atom. The van der Waals surface area contributed by atoms with E-state index >= 15 is 0 Å². The number of rotatable bonds is 5. The highest BCUT2D eigenvalue weighted by Crippen LogP contribution is 2.39. The number of aryl methyl sites for hydroxylation is 1. The first-order valence-electron chi connectivity index (χ1n) is 10.3. The van der Waals surface area contributed by atoms with Gasteiger partial charge in [-0.2, -0.15) is 0 Å². The number of nitrogens with zero attached hydrogens (tertiary/aromatic N) is 1. The molecule has 0 bridgehead atoms. The molecule has 1 amide bonds. The van der Waals surface area contributed by atoms with Crippen LogP contribution in [0.3, 0.4) is 0 Å². The number of amides is 1. The number of sulfone groups is 1. The van der Waals surface area contributed by atoms with Gasteiger partial charge in [-0.15, -0.1) is 13.2 Å². The molecule has 1 heterocycles. The maximum atomic E-state index is 13.3. The molecule has 0 atom stereocenters. The normalized spacial score (nSPS) is 16.1. The molecule has 0 N–H and O–H groups in total. The highest BCUT2D eigenvalue weighted by molar-refractivity contribution is 7.92. The van der Waals surface area contributed by atoms with Gasteiger partial charge >= 0.3 is 6.36 Å². The number of ether oxygens (including phenoxy) is 1. The van der Waals surface area contributed by atoms with E-state index in [9.17, 15) is 26.4 Å². The Morgan fingerprint density at radius 1 is 1.03 bits per heavy atom. The largest absolute Gasteiger partial charge is 0.573 e. The van der Waals surface area contributed by atoms with Crippen molar-refractivity contribution < 1.29 is 31.1 Å². The van der Waals surface area contributed by atoms with Crippen LogP contribution < -0.4 is 4.74 Å². The van der Waals surface area contributed by atoms with Crippen molar-refractivity contribution in [1.29, 1.82) is 0 Å². The second kappa shape index (κ2) is 8.77. The Hall–Kier alpha value is -2.55. The molecule has 1 saturated heterocycles. The smallest absolute Gasteiger partial charge is 0.406 e. The quantitative estimate of drug-likeness (QED) is 0.618. The van der Waals surface area contributed by atoms with Crippen LogP contribution in [0.15, 0.2) is 53.4 Å². The lowest BCUT2D eigenvalue weighted by atomic mass is 9.85. The van der Waals surface area contributed by atoms with Gasteiger partial charge in [-0.3, -0.25) is 4.79 Å². The van der Waals surface area contributed by atoms with Crippen LogP contribution in [0.5, 0.6) is 5.75 Å². The first-order valence-corrected chi connectivity index (χ1v) is 11.8. The van der Waals surface area contributed by atoms with Crippen LogP contribution in [0.1, 0.15) is 42.6 Å². The average molecular weight is 470 g/mol. The SMILES string of the molecule is Cc1ccccc1C(=O)N1CCC(C(C)(C)S(=O)(=O)c2cccc(OC(F)(F)F)c2)CC1. The maximum absolute atomic E-state index is 13.3.